The minimum Gasteiger partial charge on any atom is -0.396 e. The lowest BCUT2D eigenvalue weighted by Gasteiger charge is -2.02. The Morgan fingerprint density at radius 3 is 2.31 bits per heavy atom. The number of rotatable bonds is 10. The zero-order valence-corrected chi connectivity index (χ0v) is 8.50. The van der Waals surface area contributed by atoms with Crippen LogP contribution in [0, 0.1) is 0 Å². The summed E-state index contributed by atoms with van der Waals surface area (Å²) in [5.74, 6) is 0. The molecule has 0 spiro atoms. The van der Waals surface area contributed by atoms with Crippen LogP contribution < -0.4 is 0 Å². The lowest BCUT2D eigenvalue weighted by molar-refractivity contribution is 0.125. The van der Waals surface area contributed by atoms with Gasteiger partial charge in [-0.2, -0.15) is 0 Å². The smallest absolute Gasteiger partial charge is 0.0466 e. The zero-order valence-electron chi connectivity index (χ0n) is 8.50. The Morgan fingerprint density at radius 1 is 1.00 bits per heavy atom. The predicted molar refractivity (Wildman–Crippen MR) is 55.8 cm³/mol. The van der Waals surface area contributed by atoms with Crippen LogP contribution in [-0.4, -0.2) is 24.9 Å². The van der Waals surface area contributed by atoms with E-state index < -0.39 is 0 Å². The molecule has 0 aromatic rings. The van der Waals surface area contributed by atoms with Gasteiger partial charge < -0.3 is 9.84 Å². The maximum Gasteiger partial charge on any atom is 0.0466 e. The third-order valence-corrected chi connectivity index (χ3v) is 1.89. The molecule has 0 bridgehead atoms. The molecular formula is C11H22O2. The average Bonchev–Trinajstić information content (AvgIpc) is 2.16. The second-order valence-electron chi connectivity index (χ2n) is 3.18. The molecule has 13 heavy (non-hydrogen) atoms. The summed E-state index contributed by atoms with van der Waals surface area (Å²) >= 11 is 0. The Hall–Kier alpha value is -0.340. The first kappa shape index (κ1) is 12.7. The van der Waals surface area contributed by atoms with Crippen molar-refractivity contribution >= 4 is 0 Å². The number of hydrogen-bond donors (Lipinski definition) is 1. The van der Waals surface area contributed by atoms with Gasteiger partial charge in [0.05, 0.1) is 0 Å². The minimum absolute atomic E-state index is 0.305. The van der Waals surface area contributed by atoms with E-state index in [0.717, 1.165) is 45.3 Å². The van der Waals surface area contributed by atoms with Crippen molar-refractivity contribution in [1.82, 2.24) is 0 Å². The molecule has 2 nitrogen and oxygen atoms in total. The molecule has 0 saturated carbocycles. The van der Waals surface area contributed by atoms with E-state index in [4.69, 9.17) is 9.84 Å². The van der Waals surface area contributed by atoms with Crippen molar-refractivity contribution in [3.05, 3.63) is 12.7 Å². The van der Waals surface area contributed by atoms with Crippen LogP contribution >= 0.6 is 0 Å². The topological polar surface area (TPSA) is 29.5 Å². The van der Waals surface area contributed by atoms with E-state index in [-0.39, 0.29) is 0 Å². The highest BCUT2D eigenvalue weighted by molar-refractivity contribution is 4.65. The summed E-state index contributed by atoms with van der Waals surface area (Å²) < 4.78 is 5.41. The van der Waals surface area contributed by atoms with Crippen LogP contribution in [0.3, 0.4) is 0 Å². The monoisotopic (exact) mass is 186 g/mol. The Morgan fingerprint density at radius 2 is 1.69 bits per heavy atom. The summed E-state index contributed by atoms with van der Waals surface area (Å²) in [5, 5.41) is 8.52. The molecule has 2 heteroatoms. The summed E-state index contributed by atoms with van der Waals surface area (Å²) in [6.45, 7) is 5.68. The van der Waals surface area contributed by atoms with Crippen molar-refractivity contribution in [2.45, 2.75) is 38.5 Å². The maximum atomic E-state index is 8.52. The van der Waals surface area contributed by atoms with Crippen LogP contribution in [0.2, 0.25) is 0 Å². The van der Waals surface area contributed by atoms with Gasteiger partial charge in [0.15, 0.2) is 0 Å². The van der Waals surface area contributed by atoms with Gasteiger partial charge in [0, 0.05) is 19.8 Å². The molecule has 0 aromatic carbocycles. The fraction of sp³-hybridized carbons (Fsp3) is 0.818. The van der Waals surface area contributed by atoms with E-state index in [2.05, 4.69) is 6.58 Å². The second-order valence-corrected chi connectivity index (χ2v) is 3.18. The second kappa shape index (κ2) is 11.7. The Balaban J connectivity index is 2.79. The van der Waals surface area contributed by atoms with E-state index in [1.807, 2.05) is 6.08 Å². The van der Waals surface area contributed by atoms with Crippen molar-refractivity contribution in [3.63, 3.8) is 0 Å². The van der Waals surface area contributed by atoms with Gasteiger partial charge in [-0.1, -0.05) is 6.08 Å². The molecule has 0 aliphatic rings. The molecule has 0 rings (SSSR count). The summed E-state index contributed by atoms with van der Waals surface area (Å²) in [6, 6.07) is 0. The van der Waals surface area contributed by atoms with Gasteiger partial charge in [-0.25, -0.2) is 0 Å². The molecule has 0 aliphatic heterocycles. The Kier molecular flexibility index (Phi) is 11.4. The van der Waals surface area contributed by atoms with Crippen molar-refractivity contribution in [3.8, 4) is 0 Å². The largest absolute Gasteiger partial charge is 0.396 e. The molecule has 0 fully saturated rings. The third-order valence-electron chi connectivity index (χ3n) is 1.89. The quantitative estimate of drug-likeness (QED) is 0.419. The molecule has 0 heterocycles. The first-order valence-corrected chi connectivity index (χ1v) is 5.21. The minimum atomic E-state index is 0.305. The predicted octanol–water partition coefficient (Wildman–Crippen LogP) is 2.52. The van der Waals surface area contributed by atoms with Crippen LogP contribution in [0.5, 0.6) is 0 Å². The molecule has 1 N–H and O–H groups in total. The molecule has 0 saturated heterocycles. The van der Waals surface area contributed by atoms with Crippen molar-refractivity contribution in [1.29, 1.82) is 0 Å². The number of aliphatic hydroxyl groups excluding tert-OH is 1. The molecule has 0 aromatic heterocycles. The highest BCUT2D eigenvalue weighted by Crippen LogP contribution is 1.98. The van der Waals surface area contributed by atoms with Gasteiger partial charge in [-0.3, -0.25) is 0 Å². The maximum absolute atomic E-state index is 8.52. The number of ether oxygens (including phenoxy) is 1. The fourth-order valence-electron chi connectivity index (χ4n) is 1.09. The van der Waals surface area contributed by atoms with Gasteiger partial charge in [0.2, 0.25) is 0 Å². The zero-order chi connectivity index (χ0) is 9.78. The van der Waals surface area contributed by atoms with Gasteiger partial charge in [-0.05, 0) is 38.5 Å². The van der Waals surface area contributed by atoms with Crippen molar-refractivity contribution < 1.29 is 9.84 Å². The van der Waals surface area contributed by atoms with Crippen LogP contribution in [0.4, 0.5) is 0 Å². The lowest BCUT2D eigenvalue weighted by Crippen LogP contribution is -1.97. The number of unbranched alkanes of at least 4 members (excludes halogenated alkanes) is 4. The van der Waals surface area contributed by atoms with Gasteiger partial charge in [0.25, 0.3) is 0 Å². The summed E-state index contributed by atoms with van der Waals surface area (Å²) in [4.78, 5) is 0. The van der Waals surface area contributed by atoms with E-state index in [1.54, 1.807) is 0 Å². The molecule has 0 amide bonds. The summed E-state index contributed by atoms with van der Waals surface area (Å²) in [5.41, 5.74) is 0. The molecule has 78 valence electrons. The van der Waals surface area contributed by atoms with E-state index >= 15 is 0 Å². The third kappa shape index (κ3) is 11.7. The van der Waals surface area contributed by atoms with Crippen LogP contribution in [0.15, 0.2) is 12.7 Å². The molecule has 0 radical (unpaired) electrons. The SMILES string of the molecule is C=CCCCCOCCCCCO. The lowest BCUT2D eigenvalue weighted by atomic mass is 10.2. The Labute approximate surface area is 81.6 Å². The number of aliphatic hydroxyl groups is 1. The van der Waals surface area contributed by atoms with E-state index in [1.165, 1.54) is 6.42 Å². The van der Waals surface area contributed by atoms with Gasteiger partial charge in [0.1, 0.15) is 0 Å². The van der Waals surface area contributed by atoms with E-state index in [0.29, 0.717) is 6.61 Å². The average molecular weight is 186 g/mol. The molecule has 0 aliphatic carbocycles. The van der Waals surface area contributed by atoms with Crippen LogP contribution in [0.25, 0.3) is 0 Å². The fourth-order valence-corrected chi connectivity index (χ4v) is 1.09. The first-order chi connectivity index (χ1) is 6.41. The highest BCUT2D eigenvalue weighted by atomic mass is 16.5. The highest BCUT2D eigenvalue weighted by Gasteiger charge is 1.90. The molecular weight excluding hydrogens is 164 g/mol. The van der Waals surface area contributed by atoms with Crippen molar-refractivity contribution in [2.24, 2.45) is 0 Å². The first-order valence-electron chi connectivity index (χ1n) is 5.21. The normalized spacial score (nSPS) is 10.2. The van der Waals surface area contributed by atoms with Crippen LogP contribution in [0.1, 0.15) is 38.5 Å². The summed E-state index contributed by atoms with van der Waals surface area (Å²) in [7, 11) is 0. The number of allylic oxidation sites excluding steroid dienone is 1. The van der Waals surface area contributed by atoms with Crippen molar-refractivity contribution in [2.75, 3.05) is 19.8 Å². The van der Waals surface area contributed by atoms with Gasteiger partial charge >= 0.3 is 0 Å². The van der Waals surface area contributed by atoms with E-state index in [9.17, 15) is 0 Å². The van der Waals surface area contributed by atoms with Gasteiger partial charge in [-0.15, -0.1) is 6.58 Å². The van der Waals surface area contributed by atoms with Crippen LogP contribution in [-0.2, 0) is 4.74 Å². The molecule has 0 atom stereocenters. The Bertz CT molecular complexity index is 102. The number of hydrogen-bond acceptors (Lipinski definition) is 2. The molecule has 0 unspecified atom stereocenters. The standard InChI is InChI=1S/C11H22O2/c1-2-3-4-7-10-13-11-8-5-6-9-12/h2,12H,1,3-11H2. The summed E-state index contributed by atoms with van der Waals surface area (Å²) in [6.07, 6.45) is 8.40.